The number of hydrogen-bond donors (Lipinski definition) is 1. The number of carbonyl (C=O) groups is 1. The van der Waals surface area contributed by atoms with Gasteiger partial charge in [-0.1, -0.05) is 25.7 Å². The number of anilines is 1. The predicted molar refractivity (Wildman–Crippen MR) is 103 cm³/mol. The van der Waals surface area contributed by atoms with Crippen LogP contribution in [0, 0.1) is 11.7 Å². The molecule has 4 rings (SSSR count). The topological polar surface area (TPSA) is 59.8 Å². The number of hydrogen-bond acceptors (Lipinski definition) is 3. The van der Waals surface area contributed by atoms with Crippen LogP contribution in [0.5, 0.6) is 0 Å². The van der Waals surface area contributed by atoms with Crippen molar-refractivity contribution in [3.63, 3.8) is 0 Å². The van der Waals surface area contributed by atoms with Gasteiger partial charge in [0.1, 0.15) is 11.6 Å². The normalized spacial score (nSPS) is 18.0. The van der Waals surface area contributed by atoms with Gasteiger partial charge in [0.2, 0.25) is 5.91 Å². The average molecular weight is 370 g/mol. The van der Waals surface area contributed by atoms with Crippen molar-refractivity contribution in [2.75, 3.05) is 5.32 Å². The van der Waals surface area contributed by atoms with Crippen LogP contribution in [0.25, 0.3) is 11.4 Å². The van der Waals surface area contributed by atoms with Gasteiger partial charge in [-0.3, -0.25) is 4.79 Å². The van der Waals surface area contributed by atoms with E-state index in [9.17, 15) is 9.18 Å². The summed E-state index contributed by atoms with van der Waals surface area (Å²) in [6, 6.07) is 4.81. The third-order valence-corrected chi connectivity index (χ3v) is 5.81. The monoisotopic (exact) mass is 370 g/mol. The van der Waals surface area contributed by atoms with Crippen molar-refractivity contribution in [2.45, 2.75) is 70.8 Å². The zero-order chi connectivity index (χ0) is 18.6. The maximum Gasteiger partial charge on any atom is 0.224 e. The van der Waals surface area contributed by atoms with Gasteiger partial charge >= 0.3 is 0 Å². The summed E-state index contributed by atoms with van der Waals surface area (Å²) in [6.45, 7) is 0.887. The van der Waals surface area contributed by atoms with E-state index in [1.165, 1.54) is 31.7 Å². The molecule has 0 spiro atoms. The summed E-state index contributed by atoms with van der Waals surface area (Å²) in [5, 5.41) is 11.4. The molecule has 1 aromatic carbocycles. The van der Waals surface area contributed by atoms with Crippen molar-refractivity contribution in [3.8, 4) is 11.4 Å². The molecule has 0 unspecified atom stereocenters. The standard InChI is InChI=1S/C21H27FN4O/c22-17-11-10-16(21-25-24-19-9-5-2-6-12-26(19)21)14-18(17)23-20(27)13-15-7-3-1-4-8-15/h10-11,14-15H,1-9,12-13H2,(H,23,27). The first-order chi connectivity index (χ1) is 13.2. The lowest BCUT2D eigenvalue weighted by molar-refractivity contribution is -0.117. The van der Waals surface area contributed by atoms with Crippen molar-refractivity contribution in [2.24, 2.45) is 5.92 Å². The van der Waals surface area contributed by atoms with Gasteiger partial charge in [0, 0.05) is 24.9 Å². The number of nitrogens with one attached hydrogen (secondary N) is 1. The Morgan fingerprint density at radius 3 is 2.78 bits per heavy atom. The number of rotatable bonds is 4. The minimum Gasteiger partial charge on any atom is -0.324 e. The van der Waals surface area contributed by atoms with E-state index in [0.717, 1.165) is 55.9 Å². The summed E-state index contributed by atoms with van der Waals surface area (Å²) in [7, 11) is 0. The summed E-state index contributed by atoms with van der Waals surface area (Å²) in [5.74, 6) is 1.67. The minimum atomic E-state index is -0.411. The van der Waals surface area contributed by atoms with Crippen molar-refractivity contribution in [3.05, 3.63) is 29.8 Å². The van der Waals surface area contributed by atoms with Crippen molar-refractivity contribution in [1.82, 2.24) is 14.8 Å². The molecule has 1 aliphatic heterocycles. The Hall–Kier alpha value is -2.24. The van der Waals surface area contributed by atoms with Crippen LogP contribution in [0.3, 0.4) is 0 Å². The fourth-order valence-corrected chi connectivity index (χ4v) is 4.31. The van der Waals surface area contributed by atoms with Gasteiger partial charge in [0.25, 0.3) is 0 Å². The molecule has 1 aliphatic carbocycles. The minimum absolute atomic E-state index is 0.0991. The van der Waals surface area contributed by atoms with Crippen LogP contribution in [-0.2, 0) is 17.8 Å². The smallest absolute Gasteiger partial charge is 0.224 e. The first-order valence-electron chi connectivity index (χ1n) is 10.2. The van der Waals surface area contributed by atoms with Crippen LogP contribution in [0.1, 0.15) is 63.6 Å². The quantitative estimate of drug-likeness (QED) is 0.847. The van der Waals surface area contributed by atoms with Crippen LogP contribution < -0.4 is 5.32 Å². The molecule has 2 aromatic rings. The van der Waals surface area contributed by atoms with Gasteiger partial charge in [0.05, 0.1) is 5.69 Å². The second-order valence-corrected chi connectivity index (χ2v) is 7.85. The second kappa shape index (κ2) is 8.19. The molecule has 0 saturated heterocycles. The highest BCUT2D eigenvalue weighted by Crippen LogP contribution is 2.29. The van der Waals surface area contributed by atoms with Gasteiger partial charge in [-0.05, 0) is 49.8 Å². The number of amides is 1. The number of aromatic nitrogens is 3. The van der Waals surface area contributed by atoms with Gasteiger partial charge in [-0.15, -0.1) is 10.2 Å². The zero-order valence-electron chi connectivity index (χ0n) is 15.7. The molecule has 6 heteroatoms. The number of fused-ring (bicyclic) bond motifs is 1. The number of nitrogens with zero attached hydrogens (tertiary/aromatic N) is 3. The molecule has 0 radical (unpaired) electrons. The molecule has 2 heterocycles. The van der Waals surface area contributed by atoms with Crippen LogP contribution >= 0.6 is 0 Å². The molecule has 27 heavy (non-hydrogen) atoms. The summed E-state index contributed by atoms with van der Waals surface area (Å²) in [6.07, 6.45) is 10.7. The summed E-state index contributed by atoms with van der Waals surface area (Å²) >= 11 is 0. The van der Waals surface area contributed by atoms with Crippen LogP contribution in [-0.4, -0.2) is 20.7 Å². The molecule has 1 aromatic heterocycles. The maximum absolute atomic E-state index is 14.3. The fourth-order valence-electron chi connectivity index (χ4n) is 4.31. The van der Waals surface area contributed by atoms with E-state index in [-0.39, 0.29) is 11.6 Å². The first-order valence-corrected chi connectivity index (χ1v) is 10.2. The molecule has 5 nitrogen and oxygen atoms in total. The van der Waals surface area contributed by atoms with E-state index in [0.29, 0.717) is 12.3 Å². The molecular formula is C21H27FN4O. The molecule has 0 bridgehead atoms. The van der Waals surface area contributed by atoms with E-state index in [1.807, 2.05) is 0 Å². The SMILES string of the molecule is O=C(CC1CCCCC1)Nc1cc(-c2nnc3n2CCCCC3)ccc1F. The number of benzene rings is 1. The summed E-state index contributed by atoms with van der Waals surface area (Å²) in [5.41, 5.74) is 1.03. The Bertz CT molecular complexity index is 811. The molecule has 1 fully saturated rings. The Morgan fingerprint density at radius 1 is 1.11 bits per heavy atom. The molecular weight excluding hydrogens is 343 g/mol. The Labute approximate surface area is 159 Å². The van der Waals surface area contributed by atoms with Gasteiger partial charge < -0.3 is 9.88 Å². The highest BCUT2D eigenvalue weighted by Gasteiger charge is 2.20. The Kier molecular flexibility index (Phi) is 5.50. The molecule has 1 saturated carbocycles. The number of carbonyl (C=O) groups excluding carboxylic acids is 1. The third-order valence-electron chi connectivity index (χ3n) is 5.81. The molecule has 0 atom stereocenters. The van der Waals surface area contributed by atoms with Crippen molar-refractivity contribution >= 4 is 11.6 Å². The molecule has 1 N–H and O–H groups in total. The maximum atomic E-state index is 14.3. The first kappa shape index (κ1) is 18.1. The third kappa shape index (κ3) is 4.20. The highest BCUT2D eigenvalue weighted by molar-refractivity contribution is 5.91. The fraction of sp³-hybridized carbons (Fsp3) is 0.571. The average Bonchev–Trinajstić information content (AvgIpc) is 2.92. The van der Waals surface area contributed by atoms with E-state index in [4.69, 9.17) is 0 Å². The van der Waals surface area contributed by atoms with Crippen molar-refractivity contribution < 1.29 is 9.18 Å². The number of aryl methyl sites for hydroxylation is 1. The van der Waals surface area contributed by atoms with Crippen molar-refractivity contribution in [1.29, 1.82) is 0 Å². The molecule has 2 aliphatic rings. The molecule has 144 valence electrons. The number of halogens is 1. The predicted octanol–water partition coefficient (Wildman–Crippen LogP) is 4.72. The van der Waals surface area contributed by atoms with Crippen LogP contribution in [0.4, 0.5) is 10.1 Å². The van der Waals surface area contributed by atoms with E-state index in [2.05, 4.69) is 20.1 Å². The lowest BCUT2D eigenvalue weighted by atomic mass is 9.87. The lowest BCUT2D eigenvalue weighted by Gasteiger charge is -2.21. The molecule has 1 amide bonds. The Balaban J connectivity index is 1.51. The van der Waals surface area contributed by atoms with E-state index in [1.54, 1.807) is 12.1 Å². The summed E-state index contributed by atoms with van der Waals surface area (Å²) < 4.78 is 16.4. The second-order valence-electron chi connectivity index (χ2n) is 7.85. The van der Waals surface area contributed by atoms with E-state index < -0.39 is 5.82 Å². The van der Waals surface area contributed by atoms with Gasteiger partial charge in [0.15, 0.2) is 5.82 Å². The summed E-state index contributed by atoms with van der Waals surface area (Å²) in [4.78, 5) is 12.4. The largest absolute Gasteiger partial charge is 0.324 e. The Morgan fingerprint density at radius 2 is 1.93 bits per heavy atom. The van der Waals surface area contributed by atoms with Gasteiger partial charge in [-0.2, -0.15) is 0 Å². The van der Waals surface area contributed by atoms with E-state index >= 15 is 0 Å². The van der Waals surface area contributed by atoms with Crippen LogP contribution in [0.2, 0.25) is 0 Å². The lowest BCUT2D eigenvalue weighted by Crippen LogP contribution is -2.19. The highest BCUT2D eigenvalue weighted by atomic mass is 19.1. The van der Waals surface area contributed by atoms with Gasteiger partial charge in [-0.25, -0.2) is 4.39 Å². The van der Waals surface area contributed by atoms with Crippen LogP contribution in [0.15, 0.2) is 18.2 Å². The zero-order valence-corrected chi connectivity index (χ0v) is 15.7.